The standard InChI is InChI=1S/C21H19ClF3N5O2/c22-15-2-4-16(5-3-15)30-19(21(23,24)25)17(13-28-30)20(31)27-12-14-1-6-18(26-11-14)29-7-9-32-10-8-29/h1-6,11,13H,7-10,12H2,(H,27,31). The number of rotatable bonds is 5. The molecule has 0 atom stereocenters. The molecule has 4 rings (SSSR count). The van der Waals surface area contributed by atoms with E-state index in [0.717, 1.165) is 25.1 Å². The van der Waals surface area contributed by atoms with Crippen LogP contribution in [0.3, 0.4) is 0 Å². The molecule has 11 heteroatoms. The van der Waals surface area contributed by atoms with Gasteiger partial charge in [-0.1, -0.05) is 17.7 Å². The predicted octanol–water partition coefficient (Wildman–Crippen LogP) is 3.71. The van der Waals surface area contributed by atoms with Crippen LogP contribution in [0.5, 0.6) is 0 Å². The Kier molecular flexibility index (Phi) is 6.33. The van der Waals surface area contributed by atoms with E-state index in [4.69, 9.17) is 16.3 Å². The number of anilines is 1. The number of hydrogen-bond donors (Lipinski definition) is 1. The lowest BCUT2D eigenvalue weighted by molar-refractivity contribution is -0.143. The number of ether oxygens (including phenoxy) is 1. The second kappa shape index (κ2) is 9.17. The van der Waals surface area contributed by atoms with E-state index >= 15 is 0 Å². The monoisotopic (exact) mass is 465 g/mol. The molecule has 0 aliphatic carbocycles. The van der Waals surface area contributed by atoms with Crippen molar-refractivity contribution in [2.45, 2.75) is 12.7 Å². The minimum Gasteiger partial charge on any atom is -0.378 e. The van der Waals surface area contributed by atoms with Crippen molar-refractivity contribution in [1.29, 1.82) is 0 Å². The summed E-state index contributed by atoms with van der Waals surface area (Å²) in [6, 6.07) is 9.28. The van der Waals surface area contributed by atoms with Crippen LogP contribution in [0.25, 0.3) is 5.69 Å². The number of halogens is 4. The first kappa shape index (κ1) is 22.1. The van der Waals surface area contributed by atoms with Crippen molar-refractivity contribution in [3.05, 3.63) is 70.6 Å². The van der Waals surface area contributed by atoms with Crippen molar-refractivity contribution < 1.29 is 22.7 Å². The zero-order valence-electron chi connectivity index (χ0n) is 16.8. The van der Waals surface area contributed by atoms with Crippen molar-refractivity contribution in [3.8, 4) is 5.69 Å². The Bertz CT molecular complexity index is 1080. The molecular formula is C21H19ClF3N5O2. The number of amides is 1. The number of hydrogen-bond acceptors (Lipinski definition) is 5. The summed E-state index contributed by atoms with van der Waals surface area (Å²) in [5, 5.41) is 6.68. The van der Waals surface area contributed by atoms with Crippen molar-refractivity contribution in [3.63, 3.8) is 0 Å². The lowest BCUT2D eigenvalue weighted by Gasteiger charge is -2.27. The third-order valence-electron chi connectivity index (χ3n) is 4.95. The summed E-state index contributed by atoms with van der Waals surface area (Å²) in [5.41, 5.74) is -0.916. The Morgan fingerprint density at radius 1 is 1.09 bits per heavy atom. The van der Waals surface area contributed by atoms with Gasteiger partial charge >= 0.3 is 6.18 Å². The number of carbonyl (C=O) groups is 1. The molecule has 1 saturated heterocycles. The van der Waals surface area contributed by atoms with Crippen LogP contribution < -0.4 is 10.2 Å². The summed E-state index contributed by atoms with van der Waals surface area (Å²) in [5.74, 6) is -0.0956. The van der Waals surface area contributed by atoms with E-state index in [-0.39, 0.29) is 12.2 Å². The fourth-order valence-electron chi connectivity index (χ4n) is 3.34. The molecule has 1 aliphatic rings. The second-order valence-electron chi connectivity index (χ2n) is 7.10. The molecule has 7 nitrogen and oxygen atoms in total. The van der Waals surface area contributed by atoms with Gasteiger partial charge in [-0.25, -0.2) is 9.67 Å². The first-order valence-corrected chi connectivity index (χ1v) is 10.2. The van der Waals surface area contributed by atoms with Gasteiger partial charge in [-0.2, -0.15) is 18.3 Å². The molecule has 3 aromatic rings. The maximum absolute atomic E-state index is 13.8. The van der Waals surface area contributed by atoms with Crippen molar-refractivity contribution in [2.75, 3.05) is 31.2 Å². The van der Waals surface area contributed by atoms with Gasteiger partial charge in [-0.05, 0) is 35.9 Å². The first-order chi connectivity index (χ1) is 15.3. The zero-order valence-corrected chi connectivity index (χ0v) is 17.5. The Morgan fingerprint density at radius 3 is 2.44 bits per heavy atom. The fraction of sp³-hybridized carbons (Fsp3) is 0.286. The fourth-order valence-corrected chi connectivity index (χ4v) is 3.47. The Balaban J connectivity index is 1.49. The van der Waals surface area contributed by atoms with Gasteiger partial charge < -0.3 is 15.0 Å². The number of pyridine rings is 1. The highest BCUT2D eigenvalue weighted by atomic mass is 35.5. The predicted molar refractivity (Wildman–Crippen MR) is 112 cm³/mol. The zero-order chi connectivity index (χ0) is 22.7. The molecule has 1 aromatic carbocycles. The molecule has 0 saturated carbocycles. The second-order valence-corrected chi connectivity index (χ2v) is 7.54. The van der Waals surface area contributed by atoms with E-state index in [1.165, 1.54) is 24.3 Å². The number of benzene rings is 1. The van der Waals surface area contributed by atoms with Crippen LogP contribution >= 0.6 is 11.6 Å². The van der Waals surface area contributed by atoms with Crippen molar-refractivity contribution in [1.82, 2.24) is 20.1 Å². The minimum atomic E-state index is -4.79. The average molecular weight is 466 g/mol. The third-order valence-corrected chi connectivity index (χ3v) is 5.20. The quantitative estimate of drug-likeness (QED) is 0.622. The minimum absolute atomic E-state index is 0.0264. The normalized spacial score (nSPS) is 14.4. The largest absolute Gasteiger partial charge is 0.434 e. The van der Waals surface area contributed by atoms with E-state index < -0.39 is 23.3 Å². The summed E-state index contributed by atoms with van der Waals surface area (Å²) < 4.78 is 47.3. The van der Waals surface area contributed by atoms with E-state index in [0.29, 0.717) is 28.5 Å². The van der Waals surface area contributed by atoms with Gasteiger partial charge in [0.25, 0.3) is 5.91 Å². The smallest absolute Gasteiger partial charge is 0.378 e. The summed E-state index contributed by atoms with van der Waals surface area (Å²) in [6.45, 7) is 2.76. The van der Waals surface area contributed by atoms with Gasteiger partial charge in [0.05, 0.1) is 30.7 Å². The third kappa shape index (κ3) is 4.86. The molecule has 0 radical (unpaired) electrons. The number of nitrogens with one attached hydrogen (secondary N) is 1. The maximum Gasteiger partial charge on any atom is 0.434 e. The topological polar surface area (TPSA) is 72.3 Å². The molecule has 1 amide bonds. The van der Waals surface area contributed by atoms with E-state index in [2.05, 4.69) is 20.3 Å². The van der Waals surface area contributed by atoms with Crippen LogP contribution in [0.2, 0.25) is 5.02 Å². The van der Waals surface area contributed by atoms with Crippen LogP contribution in [0.1, 0.15) is 21.6 Å². The number of aromatic nitrogens is 3. The van der Waals surface area contributed by atoms with Gasteiger partial charge in [0.2, 0.25) is 0 Å². The highest BCUT2D eigenvalue weighted by Gasteiger charge is 2.40. The molecular weight excluding hydrogens is 447 g/mol. The van der Waals surface area contributed by atoms with Crippen molar-refractivity contribution >= 4 is 23.3 Å². The van der Waals surface area contributed by atoms with E-state index in [9.17, 15) is 18.0 Å². The molecule has 1 fully saturated rings. The van der Waals surface area contributed by atoms with Crippen LogP contribution in [-0.2, 0) is 17.5 Å². The first-order valence-electron chi connectivity index (χ1n) is 9.80. The lowest BCUT2D eigenvalue weighted by Crippen LogP contribution is -2.36. The number of morpholine rings is 1. The molecule has 0 spiro atoms. The molecule has 0 bridgehead atoms. The summed E-state index contributed by atoms with van der Waals surface area (Å²) >= 11 is 5.81. The van der Waals surface area contributed by atoms with Crippen molar-refractivity contribution in [2.24, 2.45) is 0 Å². The summed E-state index contributed by atoms with van der Waals surface area (Å²) in [6.07, 6.45) is -2.29. The lowest BCUT2D eigenvalue weighted by atomic mass is 10.2. The molecule has 32 heavy (non-hydrogen) atoms. The van der Waals surface area contributed by atoms with Crippen LogP contribution in [-0.4, -0.2) is 47.0 Å². The van der Waals surface area contributed by atoms with Crippen LogP contribution in [0.4, 0.5) is 19.0 Å². The molecule has 3 heterocycles. The van der Waals surface area contributed by atoms with Gasteiger partial charge in [0.1, 0.15) is 5.82 Å². The van der Waals surface area contributed by atoms with Gasteiger partial charge in [-0.3, -0.25) is 4.79 Å². The Hall–Kier alpha value is -3.11. The maximum atomic E-state index is 13.8. The highest BCUT2D eigenvalue weighted by Crippen LogP contribution is 2.34. The summed E-state index contributed by atoms with van der Waals surface area (Å²) in [4.78, 5) is 19.0. The van der Waals surface area contributed by atoms with Crippen LogP contribution in [0.15, 0.2) is 48.8 Å². The van der Waals surface area contributed by atoms with E-state index in [1.807, 2.05) is 6.07 Å². The Labute approximate surface area is 186 Å². The average Bonchev–Trinajstić information content (AvgIpc) is 3.25. The molecule has 2 aromatic heterocycles. The van der Waals surface area contributed by atoms with Crippen LogP contribution in [0, 0.1) is 0 Å². The SMILES string of the molecule is O=C(NCc1ccc(N2CCOCC2)nc1)c1cnn(-c2ccc(Cl)cc2)c1C(F)(F)F. The summed E-state index contributed by atoms with van der Waals surface area (Å²) in [7, 11) is 0. The Morgan fingerprint density at radius 2 is 1.81 bits per heavy atom. The van der Waals surface area contributed by atoms with E-state index in [1.54, 1.807) is 12.3 Å². The van der Waals surface area contributed by atoms with Gasteiger partial charge in [-0.15, -0.1) is 0 Å². The number of nitrogens with zero attached hydrogens (tertiary/aromatic N) is 4. The molecule has 1 N–H and O–H groups in total. The van der Waals surface area contributed by atoms with Gasteiger partial charge in [0.15, 0.2) is 5.69 Å². The molecule has 1 aliphatic heterocycles. The molecule has 168 valence electrons. The van der Waals surface area contributed by atoms with Gasteiger partial charge in [0, 0.05) is 30.9 Å². The highest BCUT2D eigenvalue weighted by molar-refractivity contribution is 6.30. The number of alkyl halides is 3. The molecule has 0 unspecified atom stereocenters. The number of carbonyl (C=O) groups excluding carboxylic acids is 1.